The summed E-state index contributed by atoms with van der Waals surface area (Å²) in [5.41, 5.74) is 3.00. The van der Waals surface area contributed by atoms with E-state index >= 15 is 0 Å². The lowest BCUT2D eigenvalue weighted by atomic mass is 9.83. The first kappa shape index (κ1) is 29.9. The van der Waals surface area contributed by atoms with Gasteiger partial charge in [-0.2, -0.15) is 0 Å². The Labute approximate surface area is 258 Å². The minimum Gasteiger partial charge on any atom is -0.369 e. The lowest BCUT2D eigenvalue weighted by molar-refractivity contribution is -0.114. The fraction of sp³-hybridized carbons (Fsp3) is 0.424. The van der Waals surface area contributed by atoms with Crippen LogP contribution in [0, 0.1) is 5.92 Å². The van der Waals surface area contributed by atoms with Gasteiger partial charge in [0.25, 0.3) is 21.5 Å². The van der Waals surface area contributed by atoms with Crippen LogP contribution in [0.5, 0.6) is 0 Å². The van der Waals surface area contributed by atoms with Gasteiger partial charge in [0.15, 0.2) is 0 Å². The lowest BCUT2D eigenvalue weighted by Crippen LogP contribution is -2.47. The summed E-state index contributed by atoms with van der Waals surface area (Å²) in [6.07, 6.45) is 4.86. The molecule has 3 aromatic rings. The highest BCUT2D eigenvalue weighted by Crippen LogP contribution is 2.40. The van der Waals surface area contributed by atoms with Crippen LogP contribution in [0.4, 0.5) is 17.1 Å². The molecule has 3 aliphatic rings. The van der Waals surface area contributed by atoms with Gasteiger partial charge in [-0.15, -0.1) is 0 Å². The molecule has 44 heavy (non-hydrogen) atoms. The first-order chi connectivity index (χ1) is 21.1. The van der Waals surface area contributed by atoms with Crippen molar-refractivity contribution in [2.24, 2.45) is 5.92 Å². The van der Waals surface area contributed by atoms with E-state index in [1.807, 2.05) is 27.7 Å². The Bertz CT molecular complexity index is 1740. The lowest BCUT2D eigenvalue weighted by Gasteiger charge is -2.44. The van der Waals surface area contributed by atoms with Crippen molar-refractivity contribution in [1.29, 1.82) is 0 Å². The van der Waals surface area contributed by atoms with Crippen LogP contribution in [0.15, 0.2) is 70.4 Å². The Morgan fingerprint density at radius 1 is 0.977 bits per heavy atom. The van der Waals surface area contributed by atoms with Crippen LogP contribution in [0.1, 0.15) is 67.9 Å². The van der Waals surface area contributed by atoms with E-state index in [2.05, 4.69) is 21.9 Å². The predicted octanol–water partition coefficient (Wildman–Crippen LogP) is 4.64. The zero-order chi connectivity index (χ0) is 31.0. The van der Waals surface area contributed by atoms with Gasteiger partial charge in [0.1, 0.15) is 0 Å². The number of pyridine rings is 1. The van der Waals surface area contributed by atoms with Crippen LogP contribution in [-0.4, -0.2) is 55.4 Å². The minimum absolute atomic E-state index is 0.00887. The molecule has 6 rings (SSSR count). The molecule has 2 amide bonds. The van der Waals surface area contributed by atoms with E-state index in [1.165, 1.54) is 19.1 Å². The normalized spacial score (nSPS) is 21.4. The number of amides is 2. The number of likely N-dealkylation sites (tertiary alicyclic amines) is 1. The van der Waals surface area contributed by atoms with Gasteiger partial charge in [-0.1, -0.05) is 13.0 Å². The summed E-state index contributed by atoms with van der Waals surface area (Å²) < 4.78 is 32.1. The maximum atomic E-state index is 13.8. The van der Waals surface area contributed by atoms with Gasteiger partial charge in [0.05, 0.1) is 16.3 Å². The number of rotatable bonds is 7. The summed E-state index contributed by atoms with van der Waals surface area (Å²) in [6.45, 7) is 6.07. The zero-order valence-electron chi connectivity index (χ0n) is 25.2. The highest BCUT2D eigenvalue weighted by atomic mass is 32.2. The largest absolute Gasteiger partial charge is 0.369 e. The number of nitrogens with one attached hydrogen (secondary N) is 2. The molecule has 2 aromatic carbocycles. The Morgan fingerprint density at radius 2 is 1.77 bits per heavy atom. The van der Waals surface area contributed by atoms with Gasteiger partial charge in [-0.3, -0.25) is 19.1 Å². The van der Waals surface area contributed by atoms with E-state index in [1.54, 1.807) is 30.3 Å². The van der Waals surface area contributed by atoms with Gasteiger partial charge >= 0.3 is 0 Å². The third kappa shape index (κ3) is 5.97. The second kappa shape index (κ2) is 12.1. The van der Waals surface area contributed by atoms with Crippen LogP contribution < -0.4 is 20.5 Å². The van der Waals surface area contributed by atoms with Crippen molar-refractivity contribution < 1.29 is 18.0 Å². The van der Waals surface area contributed by atoms with Crippen molar-refractivity contribution in [1.82, 2.24) is 9.47 Å². The quantitative estimate of drug-likeness (QED) is 0.399. The van der Waals surface area contributed by atoms with E-state index in [0.29, 0.717) is 48.8 Å². The predicted molar refractivity (Wildman–Crippen MR) is 171 cm³/mol. The van der Waals surface area contributed by atoms with Crippen LogP contribution in [0.3, 0.4) is 0 Å². The molecule has 3 atom stereocenters. The van der Waals surface area contributed by atoms with E-state index in [-0.39, 0.29) is 40.1 Å². The van der Waals surface area contributed by atoms with E-state index in [9.17, 15) is 22.8 Å². The molecule has 0 saturated carbocycles. The second-order valence-electron chi connectivity index (χ2n) is 12.2. The molecule has 232 valence electrons. The molecule has 0 aliphatic carbocycles. The summed E-state index contributed by atoms with van der Waals surface area (Å²) in [4.78, 5) is 41.9. The molecule has 4 heterocycles. The molecule has 2 saturated heterocycles. The fourth-order valence-electron chi connectivity index (χ4n) is 7.10. The standard InChI is InChI=1S/C33H39N5O5S/c1-3-27-7-4-5-16-37(27)33(41)24-10-15-31(36-19-23-17-25(21-36)30-8-6-9-32(40)38(30)20-23)29(18-24)35-44(42,43)28-13-11-26(12-14-28)34-22(2)39/h6,8-15,18,23,25,27,35H,3-5,7,16-17,19-21H2,1-2H3,(H,34,39)/t23-,25+,27+/m1/s1. The Balaban J connectivity index is 1.35. The monoisotopic (exact) mass is 617 g/mol. The smallest absolute Gasteiger partial charge is 0.261 e. The van der Waals surface area contributed by atoms with Crippen molar-refractivity contribution in [3.05, 3.63) is 82.3 Å². The van der Waals surface area contributed by atoms with Crippen LogP contribution in [-0.2, 0) is 21.4 Å². The number of nitrogens with zero attached hydrogens (tertiary/aromatic N) is 3. The Hall–Kier alpha value is -4.12. The average molecular weight is 618 g/mol. The maximum Gasteiger partial charge on any atom is 0.261 e. The summed E-state index contributed by atoms with van der Waals surface area (Å²) in [5, 5.41) is 2.65. The molecule has 0 spiro atoms. The number of fused-ring (bicyclic) bond motifs is 4. The number of piperidine rings is 2. The van der Waals surface area contributed by atoms with Crippen LogP contribution >= 0.6 is 0 Å². The number of hydrogen-bond donors (Lipinski definition) is 2. The topological polar surface area (TPSA) is 121 Å². The second-order valence-corrected chi connectivity index (χ2v) is 13.9. The SMILES string of the molecule is CC[C@H]1CCCCN1C(=O)c1ccc(N2C[C@H]3C[C@@H](C2)c2cccc(=O)n2C3)c(NS(=O)(=O)c2ccc(NC(C)=O)cc2)c1. The van der Waals surface area contributed by atoms with Gasteiger partial charge in [0, 0.05) is 68.1 Å². The van der Waals surface area contributed by atoms with Crippen LogP contribution in [0.2, 0.25) is 0 Å². The highest BCUT2D eigenvalue weighted by molar-refractivity contribution is 7.92. The number of carbonyl (C=O) groups is 2. The number of benzene rings is 2. The molecule has 3 aliphatic heterocycles. The maximum absolute atomic E-state index is 13.8. The molecular formula is C33H39N5O5S. The molecule has 1 aromatic heterocycles. The van der Waals surface area contributed by atoms with Crippen molar-refractivity contribution in [2.45, 2.75) is 69.4 Å². The van der Waals surface area contributed by atoms with Gasteiger partial charge in [0.2, 0.25) is 5.91 Å². The Morgan fingerprint density at radius 3 is 2.52 bits per heavy atom. The third-order valence-corrected chi connectivity index (χ3v) is 10.5. The zero-order valence-corrected chi connectivity index (χ0v) is 26.0. The van der Waals surface area contributed by atoms with E-state index in [0.717, 1.165) is 37.8 Å². The molecule has 11 heteroatoms. The summed E-state index contributed by atoms with van der Waals surface area (Å²) >= 11 is 0. The summed E-state index contributed by atoms with van der Waals surface area (Å²) in [6, 6.07) is 16.9. The molecular weight excluding hydrogens is 578 g/mol. The minimum atomic E-state index is -4.04. The third-order valence-electron chi connectivity index (χ3n) is 9.15. The van der Waals surface area contributed by atoms with Gasteiger partial charge in [-0.05, 0) is 86.6 Å². The highest BCUT2D eigenvalue weighted by Gasteiger charge is 2.36. The van der Waals surface area contributed by atoms with Crippen molar-refractivity contribution in [3.8, 4) is 0 Å². The molecule has 2 fully saturated rings. The number of carbonyl (C=O) groups excluding carboxylic acids is 2. The van der Waals surface area contributed by atoms with Crippen molar-refractivity contribution in [3.63, 3.8) is 0 Å². The first-order valence-electron chi connectivity index (χ1n) is 15.4. The van der Waals surface area contributed by atoms with Crippen molar-refractivity contribution >= 4 is 38.9 Å². The number of aromatic nitrogens is 1. The molecule has 2 N–H and O–H groups in total. The fourth-order valence-corrected chi connectivity index (χ4v) is 8.17. The van der Waals surface area contributed by atoms with Gasteiger partial charge < -0.3 is 19.7 Å². The van der Waals surface area contributed by atoms with Gasteiger partial charge in [-0.25, -0.2) is 8.42 Å². The molecule has 2 bridgehead atoms. The summed E-state index contributed by atoms with van der Waals surface area (Å²) in [7, 11) is -4.04. The first-order valence-corrected chi connectivity index (χ1v) is 16.9. The number of hydrogen-bond acceptors (Lipinski definition) is 6. The molecule has 0 radical (unpaired) electrons. The Kier molecular flexibility index (Phi) is 8.24. The molecule has 10 nitrogen and oxygen atoms in total. The van der Waals surface area contributed by atoms with E-state index in [4.69, 9.17) is 0 Å². The van der Waals surface area contributed by atoms with Crippen LogP contribution in [0.25, 0.3) is 0 Å². The summed E-state index contributed by atoms with van der Waals surface area (Å²) in [5.74, 6) is 0.0175. The van der Waals surface area contributed by atoms with E-state index < -0.39 is 10.0 Å². The molecule has 0 unspecified atom stereocenters. The average Bonchev–Trinajstić information content (AvgIpc) is 3.01. The number of sulfonamides is 1. The number of anilines is 3. The van der Waals surface area contributed by atoms with Crippen molar-refractivity contribution in [2.75, 3.05) is 34.6 Å².